The molecule has 4 heterocycles. The molecule has 2 aromatic carbocycles. The van der Waals surface area contributed by atoms with Crippen LogP contribution in [0.2, 0.25) is 0 Å². The van der Waals surface area contributed by atoms with E-state index in [-0.39, 0.29) is 35.6 Å². The van der Waals surface area contributed by atoms with Crippen molar-refractivity contribution >= 4 is 23.2 Å². The Kier molecular flexibility index (Phi) is 3.64. The van der Waals surface area contributed by atoms with E-state index in [0.29, 0.717) is 10.2 Å². The van der Waals surface area contributed by atoms with Crippen LogP contribution >= 0.6 is 0 Å². The molecule has 4 atom stereocenters. The van der Waals surface area contributed by atoms with Crippen LogP contribution in [0.1, 0.15) is 28.8 Å². The summed E-state index contributed by atoms with van der Waals surface area (Å²) in [7, 11) is 6.29. The minimum absolute atomic E-state index is 0.0763. The Hall–Kier alpha value is -3.31. The number of quaternary nitrogens is 1. The highest BCUT2D eigenvalue weighted by Gasteiger charge is 2.66. The third-order valence-corrected chi connectivity index (χ3v) is 7.17. The van der Waals surface area contributed by atoms with Crippen molar-refractivity contribution in [3.8, 4) is 0 Å². The minimum Gasteiger partial charge on any atom is -0.298 e. The molecule has 7 rings (SSSR count). The van der Waals surface area contributed by atoms with Gasteiger partial charge in [-0.25, -0.2) is 4.90 Å². The van der Waals surface area contributed by atoms with Gasteiger partial charge in [0.2, 0.25) is 11.8 Å². The summed E-state index contributed by atoms with van der Waals surface area (Å²) < 4.78 is 2.89. The lowest BCUT2D eigenvalue weighted by Gasteiger charge is -2.40. The van der Waals surface area contributed by atoms with E-state index in [1.165, 1.54) is 16.0 Å². The fourth-order valence-electron chi connectivity index (χ4n) is 5.80. The van der Waals surface area contributed by atoms with E-state index in [9.17, 15) is 9.59 Å². The molecule has 1 aromatic heterocycles. The van der Waals surface area contributed by atoms with Gasteiger partial charge in [-0.3, -0.25) is 14.1 Å². The average molecular weight is 412 g/mol. The number of anilines is 1. The fourth-order valence-corrected chi connectivity index (χ4v) is 5.80. The molecule has 0 spiro atoms. The largest absolute Gasteiger partial charge is 0.298 e. The van der Waals surface area contributed by atoms with Crippen molar-refractivity contribution in [2.75, 3.05) is 26.0 Å². The second-order valence-corrected chi connectivity index (χ2v) is 9.68. The molecular weight excluding hydrogens is 386 g/mol. The van der Waals surface area contributed by atoms with E-state index in [0.717, 1.165) is 11.4 Å². The van der Waals surface area contributed by atoms with Gasteiger partial charge < -0.3 is 0 Å². The fraction of sp³-hybridized carbons (Fsp3) is 0.269. The zero-order chi connectivity index (χ0) is 21.5. The lowest BCUT2D eigenvalue weighted by Crippen LogP contribution is -2.59. The van der Waals surface area contributed by atoms with Crippen LogP contribution in [-0.2, 0) is 9.59 Å². The number of rotatable bonds is 2. The Morgan fingerprint density at radius 3 is 2.13 bits per heavy atom. The van der Waals surface area contributed by atoms with Crippen molar-refractivity contribution in [3.63, 3.8) is 0 Å². The number of hydrogen-bond donors (Lipinski definition) is 0. The van der Waals surface area contributed by atoms with Gasteiger partial charge in [0.05, 0.1) is 38.7 Å². The molecule has 1 fully saturated rings. The van der Waals surface area contributed by atoms with E-state index in [4.69, 9.17) is 0 Å². The first-order chi connectivity index (χ1) is 14.9. The maximum absolute atomic E-state index is 13.7. The molecule has 0 saturated carbocycles. The molecule has 3 aromatic rings. The van der Waals surface area contributed by atoms with Crippen molar-refractivity contribution in [1.82, 2.24) is 4.48 Å². The average Bonchev–Trinajstić information content (AvgIpc) is 3.04. The SMILES string of the molecule is C[N+](C)(C)c1ccc(N2C(=O)C3C4c5ccccc5C(C3C2=O)[n+]2ccccc24)cc1. The van der Waals surface area contributed by atoms with Gasteiger partial charge in [0.1, 0.15) is 11.6 Å². The number of amides is 2. The van der Waals surface area contributed by atoms with Crippen LogP contribution in [0.25, 0.3) is 0 Å². The first-order valence-electron chi connectivity index (χ1n) is 10.8. The van der Waals surface area contributed by atoms with Gasteiger partial charge in [0, 0.05) is 29.8 Å². The van der Waals surface area contributed by atoms with Crippen molar-refractivity contribution < 1.29 is 14.2 Å². The Labute approximate surface area is 181 Å². The van der Waals surface area contributed by atoms with Crippen LogP contribution in [0.4, 0.5) is 11.4 Å². The molecule has 2 bridgehead atoms. The molecular formula is C26H25N3O2+2. The van der Waals surface area contributed by atoms with Gasteiger partial charge in [-0.05, 0) is 17.7 Å². The number of imide groups is 1. The van der Waals surface area contributed by atoms with Gasteiger partial charge >= 0.3 is 0 Å². The molecule has 4 unspecified atom stereocenters. The summed E-state index contributed by atoms with van der Waals surface area (Å²) in [6.45, 7) is 0. The number of aromatic nitrogens is 1. The Morgan fingerprint density at radius 1 is 0.774 bits per heavy atom. The number of carbonyl (C=O) groups is 2. The lowest BCUT2D eigenvalue weighted by atomic mass is 9.63. The van der Waals surface area contributed by atoms with Crippen molar-refractivity contribution in [1.29, 1.82) is 0 Å². The second-order valence-electron chi connectivity index (χ2n) is 9.68. The van der Waals surface area contributed by atoms with Crippen LogP contribution in [-0.4, -0.2) is 33.0 Å². The number of hydrogen-bond acceptors (Lipinski definition) is 2. The molecule has 1 saturated heterocycles. The maximum Gasteiger partial charge on any atom is 0.244 e. The third-order valence-electron chi connectivity index (χ3n) is 7.17. The molecule has 154 valence electrons. The van der Waals surface area contributed by atoms with E-state index >= 15 is 0 Å². The van der Waals surface area contributed by atoms with E-state index in [1.54, 1.807) is 0 Å². The van der Waals surface area contributed by atoms with Crippen molar-refractivity contribution in [2.24, 2.45) is 11.8 Å². The van der Waals surface area contributed by atoms with Crippen LogP contribution < -0.4 is 14.0 Å². The summed E-state index contributed by atoms with van der Waals surface area (Å²) in [5, 5.41) is 0. The van der Waals surface area contributed by atoms with Gasteiger partial charge in [-0.2, -0.15) is 4.57 Å². The normalized spacial score (nSPS) is 26.0. The van der Waals surface area contributed by atoms with Crippen LogP contribution in [0, 0.1) is 11.8 Å². The summed E-state index contributed by atoms with van der Waals surface area (Å²) in [6, 6.07) is 22.1. The van der Waals surface area contributed by atoms with Crippen molar-refractivity contribution in [2.45, 2.75) is 12.0 Å². The Balaban J connectivity index is 1.49. The molecule has 0 N–H and O–H groups in total. The summed E-state index contributed by atoms with van der Waals surface area (Å²) in [5.41, 5.74) is 5.26. The van der Waals surface area contributed by atoms with Gasteiger partial charge in [0.15, 0.2) is 17.9 Å². The minimum atomic E-state index is -0.370. The second kappa shape index (κ2) is 6.11. The topological polar surface area (TPSA) is 41.3 Å². The first kappa shape index (κ1) is 18.5. The predicted molar refractivity (Wildman–Crippen MR) is 119 cm³/mol. The maximum atomic E-state index is 13.7. The molecule has 3 aliphatic heterocycles. The molecule has 5 nitrogen and oxygen atoms in total. The molecule has 5 heteroatoms. The highest BCUT2D eigenvalue weighted by Crippen LogP contribution is 2.55. The predicted octanol–water partition coefficient (Wildman–Crippen LogP) is 3.02. The smallest absolute Gasteiger partial charge is 0.244 e. The summed E-state index contributed by atoms with van der Waals surface area (Å²) in [6.07, 6.45) is 2.05. The third kappa shape index (κ3) is 2.38. The standard InChI is InChI=1S/C26H25N3O2/c1-29(2,3)17-13-11-16(12-14-17)28-25(30)22-21-18-8-4-5-9-19(18)24(23(22)26(28)31)27-15-7-6-10-20(21)27/h4-15,21-24H,1-3H3/q+2. The van der Waals surface area contributed by atoms with Gasteiger partial charge in [-0.15, -0.1) is 0 Å². The van der Waals surface area contributed by atoms with Crippen molar-refractivity contribution in [3.05, 3.63) is 89.7 Å². The first-order valence-corrected chi connectivity index (χ1v) is 10.8. The number of pyridine rings is 1. The lowest BCUT2D eigenvalue weighted by molar-refractivity contribution is -0.736. The highest BCUT2D eigenvalue weighted by atomic mass is 16.2. The zero-order valence-corrected chi connectivity index (χ0v) is 17.9. The van der Waals surface area contributed by atoms with Crippen LogP contribution in [0.5, 0.6) is 0 Å². The summed E-state index contributed by atoms with van der Waals surface area (Å²) >= 11 is 0. The Morgan fingerprint density at radius 2 is 1.42 bits per heavy atom. The Bertz CT molecular complexity index is 1130. The summed E-state index contributed by atoms with van der Waals surface area (Å²) in [4.78, 5) is 28.9. The molecule has 4 aliphatic rings. The number of nitrogens with zero attached hydrogens (tertiary/aromatic N) is 3. The zero-order valence-electron chi connectivity index (χ0n) is 17.9. The van der Waals surface area contributed by atoms with E-state index in [2.05, 4.69) is 50.1 Å². The molecule has 31 heavy (non-hydrogen) atoms. The summed E-state index contributed by atoms with van der Waals surface area (Å²) in [5.74, 6) is -0.982. The van der Waals surface area contributed by atoms with Gasteiger partial charge in [-0.1, -0.05) is 30.3 Å². The van der Waals surface area contributed by atoms with Crippen LogP contribution in [0.3, 0.4) is 0 Å². The highest BCUT2D eigenvalue weighted by molar-refractivity contribution is 6.23. The number of benzene rings is 2. The van der Waals surface area contributed by atoms with Gasteiger partial charge in [0.25, 0.3) is 0 Å². The number of carbonyl (C=O) groups excluding carboxylic acids is 2. The molecule has 1 aliphatic carbocycles. The van der Waals surface area contributed by atoms with E-state index in [1.807, 2.05) is 48.5 Å². The van der Waals surface area contributed by atoms with E-state index < -0.39 is 0 Å². The van der Waals surface area contributed by atoms with Crippen LogP contribution in [0.15, 0.2) is 72.9 Å². The monoisotopic (exact) mass is 411 g/mol. The quantitative estimate of drug-likeness (QED) is 0.370. The molecule has 2 amide bonds. The molecule has 0 radical (unpaired) electrons.